The number of hydrogen-bond acceptors (Lipinski definition) is 4. The fraction of sp³-hybridized carbons (Fsp3) is 0.833. The van der Waals surface area contributed by atoms with Crippen molar-refractivity contribution in [3.63, 3.8) is 0 Å². The minimum Gasteiger partial charge on any atom is -0.375 e. The third-order valence-electron chi connectivity index (χ3n) is 3.75. The lowest BCUT2D eigenvalue weighted by atomic mass is 9.83. The average Bonchev–Trinajstić information content (AvgIpc) is 2.69. The largest absolute Gasteiger partial charge is 0.375 e. The van der Waals surface area contributed by atoms with Gasteiger partial charge in [0, 0.05) is 20.2 Å². The molecule has 1 aromatic rings. The van der Waals surface area contributed by atoms with Crippen molar-refractivity contribution in [1.29, 1.82) is 0 Å². The summed E-state index contributed by atoms with van der Waals surface area (Å²) in [6.07, 6.45) is 5.32. The molecule has 0 spiro atoms. The van der Waals surface area contributed by atoms with Gasteiger partial charge < -0.3 is 10.5 Å². The molecular formula is C12H22N4O. The maximum atomic E-state index is 5.68. The number of aromatic nitrogens is 3. The number of nitrogens with two attached hydrogens (primary N) is 1. The average molecular weight is 238 g/mol. The van der Waals surface area contributed by atoms with E-state index in [1.54, 1.807) is 7.11 Å². The summed E-state index contributed by atoms with van der Waals surface area (Å²) in [4.78, 5) is 0. The van der Waals surface area contributed by atoms with Gasteiger partial charge in [0.15, 0.2) is 0 Å². The first-order valence-corrected chi connectivity index (χ1v) is 6.41. The third-order valence-corrected chi connectivity index (χ3v) is 3.75. The SMILES string of the molecule is COC(C)c1c(CN)nnn1CCC1CCC1. The molecule has 1 fully saturated rings. The molecular weight excluding hydrogens is 216 g/mol. The Balaban J connectivity index is 2.06. The lowest BCUT2D eigenvalue weighted by Crippen LogP contribution is -2.17. The van der Waals surface area contributed by atoms with Crippen LogP contribution in [0.5, 0.6) is 0 Å². The van der Waals surface area contributed by atoms with Crippen molar-refractivity contribution in [3.8, 4) is 0 Å². The molecule has 17 heavy (non-hydrogen) atoms. The van der Waals surface area contributed by atoms with E-state index in [4.69, 9.17) is 10.5 Å². The van der Waals surface area contributed by atoms with Crippen LogP contribution in [0.3, 0.4) is 0 Å². The van der Waals surface area contributed by atoms with Crippen molar-refractivity contribution in [2.24, 2.45) is 11.7 Å². The minimum atomic E-state index is 0.00457. The van der Waals surface area contributed by atoms with Gasteiger partial charge in [0.25, 0.3) is 0 Å². The summed E-state index contributed by atoms with van der Waals surface area (Å²) in [5.41, 5.74) is 7.57. The summed E-state index contributed by atoms with van der Waals surface area (Å²) in [6.45, 7) is 3.37. The number of methoxy groups -OCH3 is 1. The van der Waals surface area contributed by atoms with Gasteiger partial charge >= 0.3 is 0 Å². The van der Waals surface area contributed by atoms with Gasteiger partial charge in [-0.2, -0.15) is 0 Å². The lowest BCUT2D eigenvalue weighted by Gasteiger charge is -2.25. The predicted octanol–water partition coefficient (Wildman–Crippen LogP) is 1.63. The molecule has 1 aliphatic carbocycles. The molecule has 2 N–H and O–H groups in total. The Labute approximate surface area is 102 Å². The summed E-state index contributed by atoms with van der Waals surface area (Å²) >= 11 is 0. The molecule has 1 aliphatic rings. The van der Waals surface area contributed by atoms with Gasteiger partial charge in [-0.1, -0.05) is 24.5 Å². The first-order valence-electron chi connectivity index (χ1n) is 6.41. The van der Waals surface area contributed by atoms with Crippen molar-refractivity contribution in [1.82, 2.24) is 15.0 Å². The molecule has 0 aromatic carbocycles. The van der Waals surface area contributed by atoms with Crippen LogP contribution >= 0.6 is 0 Å². The van der Waals surface area contributed by atoms with Crippen molar-refractivity contribution < 1.29 is 4.74 Å². The molecule has 1 atom stereocenters. The Kier molecular flexibility index (Phi) is 4.12. The van der Waals surface area contributed by atoms with E-state index >= 15 is 0 Å². The predicted molar refractivity (Wildman–Crippen MR) is 65.3 cm³/mol. The van der Waals surface area contributed by atoms with Gasteiger partial charge in [-0.3, -0.25) is 0 Å². The highest BCUT2D eigenvalue weighted by molar-refractivity contribution is 5.12. The van der Waals surface area contributed by atoms with E-state index in [1.807, 2.05) is 11.6 Å². The number of aryl methyl sites for hydroxylation is 1. The van der Waals surface area contributed by atoms with Crippen LogP contribution in [0.15, 0.2) is 0 Å². The number of rotatable bonds is 6. The number of nitrogens with zero attached hydrogens (tertiary/aromatic N) is 3. The van der Waals surface area contributed by atoms with Crippen LogP contribution in [0.2, 0.25) is 0 Å². The Hall–Kier alpha value is -0.940. The Bertz CT molecular complexity index is 359. The van der Waals surface area contributed by atoms with Crippen LogP contribution < -0.4 is 5.73 Å². The van der Waals surface area contributed by atoms with Gasteiger partial charge in [0.2, 0.25) is 0 Å². The van der Waals surface area contributed by atoms with Crippen LogP contribution in [-0.4, -0.2) is 22.1 Å². The van der Waals surface area contributed by atoms with E-state index in [1.165, 1.54) is 25.7 Å². The molecule has 1 aromatic heterocycles. The Morgan fingerprint density at radius 3 is 2.82 bits per heavy atom. The Morgan fingerprint density at radius 1 is 1.53 bits per heavy atom. The molecule has 1 heterocycles. The molecule has 0 bridgehead atoms. The van der Waals surface area contributed by atoms with E-state index < -0.39 is 0 Å². The zero-order chi connectivity index (χ0) is 12.3. The summed E-state index contributed by atoms with van der Waals surface area (Å²) in [7, 11) is 1.70. The van der Waals surface area contributed by atoms with Crippen molar-refractivity contribution in [2.45, 2.75) is 51.8 Å². The first kappa shape index (κ1) is 12.5. The highest BCUT2D eigenvalue weighted by Gasteiger charge is 2.21. The quantitative estimate of drug-likeness (QED) is 0.818. The van der Waals surface area contributed by atoms with Crippen LogP contribution in [0.1, 0.15) is 50.1 Å². The van der Waals surface area contributed by atoms with E-state index in [-0.39, 0.29) is 6.10 Å². The molecule has 2 rings (SSSR count). The van der Waals surface area contributed by atoms with Gasteiger partial charge in [-0.15, -0.1) is 5.10 Å². The van der Waals surface area contributed by atoms with Crippen molar-refractivity contribution >= 4 is 0 Å². The normalized spacial score (nSPS) is 18.1. The smallest absolute Gasteiger partial charge is 0.102 e. The third kappa shape index (κ3) is 2.66. The zero-order valence-electron chi connectivity index (χ0n) is 10.7. The molecule has 5 heteroatoms. The van der Waals surface area contributed by atoms with Crippen molar-refractivity contribution in [2.75, 3.05) is 7.11 Å². The number of hydrogen-bond donors (Lipinski definition) is 1. The summed E-state index contributed by atoms with van der Waals surface area (Å²) in [5.74, 6) is 0.881. The van der Waals surface area contributed by atoms with E-state index in [0.717, 1.165) is 23.9 Å². The standard InChI is InChI=1S/C12H22N4O/c1-9(17-2)12-11(8-13)14-15-16(12)7-6-10-4-3-5-10/h9-10H,3-8,13H2,1-2H3. The molecule has 0 saturated heterocycles. The van der Waals surface area contributed by atoms with Crippen LogP contribution in [-0.2, 0) is 17.8 Å². The topological polar surface area (TPSA) is 66.0 Å². The Morgan fingerprint density at radius 2 is 2.29 bits per heavy atom. The molecule has 0 aliphatic heterocycles. The molecule has 0 radical (unpaired) electrons. The molecule has 1 unspecified atom stereocenters. The highest BCUT2D eigenvalue weighted by atomic mass is 16.5. The molecule has 5 nitrogen and oxygen atoms in total. The minimum absolute atomic E-state index is 0.00457. The molecule has 1 saturated carbocycles. The zero-order valence-corrected chi connectivity index (χ0v) is 10.7. The second kappa shape index (κ2) is 5.60. The van der Waals surface area contributed by atoms with E-state index in [2.05, 4.69) is 10.3 Å². The maximum Gasteiger partial charge on any atom is 0.102 e. The van der Waals surface area contributed by atoms with Crippen LogP contribution in [0.4, 0.5) is 0 Å². The van der Waals surface area contributed by atoms with Crippen LogP contribution in [0, 0.1) is 5.92 Å². The molecule has 0 amide bonds. The van der Waals surface area contributed by atoms with E-state index in [9.17, 15) is 0 Å². The van der Waals surface area contributed by atoms with E-state index in [0.29, 0.717) is 6.54 Å². The fourth-order valence-electron chi connectivity index (χ4n) is 2.31. The monoisotopic (exact) mass is 238 g/mol. The van der Waals surface area contributed by atoms with Gasteiger partial charge in [0.05, 0.1) is 11.8 Å². The van der Waals surface area contributed by atoms with Crippen molar-refractivity contribution in [3.05, 3.63) is 11.4 Å². The van der Waals surface area contributed by atoms with Gasteiger partial charge in [-0.25, -0.2) is 4.68 Å². The van der Waals surface area contributed by atoms with Gasteiger partial charge in [-0.05, 0) is 19.3 Å². The summed E-state index contributed by atoms with van der Waals surface area (Å²) in [5, 5.41) is 8.33. The number of ether oxygens (including phenoxy) is 1. The second-order valence-corrected chi connectivity index (χ2v) is 4.81. The lowest BCUT2D eigenvalue weighted by molar-refractivity contribution is 0.109. The fourth-order valence-corrected chi connectivity index (χ4v) is 2.31. The van der Waals surface area contributed by atoms with Crippen LogP contribution in [0.25, 0.3) is 0 Å². The summed E-state index contributed by atoms with van der Waals surface area (Å²) in [6, 6.07) is 0. The highest BCUT2D eigenvalue weighted by Crippen LogP contribution is 2.30. The van der Waals surface area contributed by atoms with Gasteiger partial charge in [0.1, 0.15) is 5.69 Å². The summed E-state index contributed by atoms with van der Waals surface area (Å²) < 4.78 is 7.34. The molecule has 96 valence electrons. The maximum absolute atomic E-state index is 5.68. The second-order valence-electron chi connectivity index (χ2n) is 4.81. The first-order chi connectivity index (χ1) is 8.26.